The van der Waals surface area contributed by atoms with Gasteiger partial charge in [0.15, 0.2) is 0 Å². The van der Waals surface area contributed by atoms with Crippen molar-refractivity contribution < 1.29 is 9.53 Å². The SMILES string of the molecule is CC(C(=O)NCCCOCCCl)c1ccccc1. The van der Waals surface area contributed by atoms with Crippen LogP contribution in [0.4, 0.5) is 0 Å². The van der Waals surface area contributed by atoms with E-state index in [1.807, 2.05) is 37.3 Å². The summed E-state index contributed by atoms with van der Waals surface area (Å²) in [5, 5.41) is 2.91. The number of rotatable bonds is 8. The van der Waals surface area contributed by atoms with Crippen LogP contribution >= 0.6 is 11.6 Å². The number of carbonyl (C=O) groups is 1. The first-order valence-corrected chi connectivity index (χ1v) is 6.75. The van der Waals surface area contributed by atoms with Crippen LogP contribution in [-0.2, 0) is 9.53 Å². The van der Waals surface area contributed by atoms with E-state index < -0.39 is 0 Å². The van der Waals surface area contributed by atoms with Crippen LogP contribution in [0.5, 0.6) is 0 Å². The van der Waals surface area contributed by atoms with Crippen molar-refractivity contribution in [2.75, 3.05) is 25.6 Å². The summed E-state index contributed by atoms with van der Waals surface area (Å²) in [6.07, 6.45) is 0.810. The molecule has 1 atom stereocenters. The molecule has 1 aromatic carbocycles. The normalized spacial score (nSPS) is 12.1. The Morgan fingerprint density at radius 2 is 2.06 bits per heavy atom. The van der Waals surface area contributed by atoms with Gasteiger partial charge >= 0.3 is 0 Å². The van der Waals surface area contributed by atoms with Gasteiger partial charge < -0.3 is 10.1 Å². The van der Waals surface area contributed by atoms with E-state index in [1.54, 1.807) is 0 Å². The van der Waals surface area contributed by atoms with Crippen molar-refractivity contribution in [3.63, 3.8) is 0 Å². The molecule has 3 nitrogen and oxygen atoms in total. The first-order chi connectivity index (χ1) is 8.75. The van der Waals surface area contributed by atoms with Crippen molar-refractivity contribution in [1.29, 1.82) is 0 Å². The van der Waals surface area contributed by atoms with E-state index in [-0.39, 0.29) is 11.8 Å². The number of hydrogen-bond acceptors (Lipinski definition) is 2. The largest absolute Gasteiger partial charge is 0.380 e. The summed E-state index contributed by atoms with van der Waals surface area (Å²) in [6.45, 7) is 3.75. The lowest BCUT2D eigenvalue weighted by molar-refractivity contribution is -0.122. The van der Waals surface area contributed by atoms with Gasteiger partial charge in [0.25, 0.3) is 0 Å². The smallest absolute Gasteiger partial charge is 0.227 e. The molecule has 100 valence electrons. The molecule has 0 saturated carbocycles. The molecule has 0 radical (unpaired) electrons. The Labute approximate surface area is 113 Å². The molecule has 1 aromatic rings. The van der Waals surface area contributed by atoms with Crippen LogP contribution in [0.1, 0.15) is 24.8 Å². The van der Waals surface area contributed by atoms with Crippen LogP contribution in [0.25, 0.3) is 0 Å². The highest BCUT2D eigenvalue weighted by Gasteiger charge is 2.13. The van der Waals surface area contributed by atoms with Crippen molar-refractivity contribution in [2.45, 2.75) is 19.3 Å². The number of benzene rings is 1. The molecule has 0 saturated heterocycles. The van der Waals surface area contributed by atoms with E-state index in [9.17, 15) is 4.79 Å². The fraction of sp³-hybridized carbons (Fsp3) is 0.500. The van der Waals surface area contributed by atoms with Crippen LogP contribution in [0, 0.1) is 0 Å². The monoisotopic (exact) mass is 269 g/mol. The van der Waals surface area contributed by atoms with Crippen LogP contribution < -0.4 is 5.32 Å². The fourth-order valence-electron chi connectivity index (χ4n) is 1.59. The summed E-state index contributed by atoms with van der Waals surface area (Å²) in [4.78, 5) is 11.9. The molecule has 1 N–H and O–H groups in total. The lowest BCUT2D eigenvalue weighted by Gasteiger charge is -2.12. The van der Waals surface area contributed by atoms with Gasteiger partial charge in [-0.1, -0.05) is 30.3 Å². The van der Waals surface area contributed by atoms with Gasteiger partial charge in [0.2, 0.25) is 5.91 Å². The molecular formula is C14H20ClNO2. The van der Waals surface area contributed by atoms with Gasteiger partial charge in [-0.05, 0) is 18.9 Å². The van der Waals surface area contributed by atoms with Gasteiger partial charge in [0.1, 0.15) is 0 Å². The average Bonchev–Trinajstić information content (AvgIpc) is 2.42. The lowest BCUT2D eigenvalue weighted by atomic mass is 10.0. The summed E-state index contributed by atoms with van der Waals surface area (Å²) in [5.41, 5.74) is 1.04. The maximum absolute atomic E-state index is 11.9. The van der Waals surface area contributed by atoms with E-state index >= 15 is 0 Å². The van der Waals surface area contributed by atoms with Crippen molar-refractivity contribution in [2.24, 2.45) is 0 Å². The zero-order valence-electron chi connectivity index (χ0n) is 10.7. The summed E-state index contributed by atoms with van der Waals surface area (Å²) in [5.74, 6) is 0.450. The second kappa shape index (κ2) is 8.95. The van der Waals surface area contributed by atoms with E-state index in [2.05, 4.69) is 5.32 Å². The minimum absolute atomic E-state index is 0.0542. The maximum Gasteiger partial charge on any atom is 0.227 e. The molecule has 0 heterocycles. The third-order valence-corrected chi connectivity index (χ3v) is 2.83. The lowest BCUT2D eigenvalue weighted by Crippen LogP contribution is -2.29. The van der Waals surface area contributed by atoms with Crippen molar-refractivity contribution in [3.05, 3.63) is 35.9 Å². The third-order valence-electron chi connectivity index (χ3n) is 2.68. The number of amides is 1. The van der Waals surface area contributed by atoms with Crippen LogP contribution in [-0.4, -0.2) is 31.5 Å². The number of carbonyl (C=O) groups excluding carboxylic acids is 1. The van der Waals surface area contributed by atoms with Gasteiger partial charge in [0.05, 0.1) is 12.5 Å². The van der Waals surface area contributed by atoms with E-state index in [0.717, 1.165) is 12.0 Å². The molecule has 0 spiro atoms. The van der Waals surface area contributed by atoms with Gasteiger partial charge in [-0.2, -0.15) is 0 Å². The Morgan fingerprint density at radius 3 is 2.72 bits per heavy atom. The zero-order valence-corrected chi connectivity index (χ0v) is 11.5. The van der Waals surface area contributed by atoms with E-state index in [1.165, 1.54) is 0 Å². The summed E-state index contributed by atoms with van der Waals surface area (Å²) < 4.78 is 5.23. The third kappa shape index (κ3) is 5.52. The molecule has 0 aliphatic heterocycles. The van der Waals surface area contributed by atoms with Crippen molar-refractivity contribution in [3.8, 4) is 0 Å². The maximum atomic E-state index is 11.9. The molecule has 0 bridgehead atoms. The second-order valence-corrected chi connectivity index (χ2v) is 4.46. The number of alkyl halides is 1. The first kappa shape index (κ1) is 15.0. The van der Waals surface area contributed by atoms with Gasteiger partial charge in [0, 0.05) is 19.0 Å². The molecule has 4 heteroatoms. The van der Waals surface area contributed by atoms with Crippen LogP contribution in [0.3, 0.4) is 0 Å². The van der Waals surface area contributed by atoms with Gasteiger partial charge in [-0.15, -0.1) is 11.6 Å². The standard InChI is InChI=1S/C14H20ClNO2/c1-12(13-6-3-2-4-7-13)14(17)16-9-5-10-18-11-8-15/h2-4,6-7,12H,5,8-11H2,1H3,(H,16,17). The zero-order chi connectivity index (χ0) is 13.2. The summed E-state index contributed by atoms with van der Waals surface area (Å²) in [6, 6.07) is 9.77. The number of hydrogen-bond donors (Lipinski definition) is 1. The molecule has 0 aromatic heterocycles. The van der Waals surface area contributed by atoms with Gasteiger partial charge in [-0.3, -0.25) is 4.79 Å². The summed E-state index contributed by atoms with van der Waals surface area (Å²) in [7, 11) is 0. The Bertz CT molecular complexity index is 343. The molecule has 18 heavy (non-hydrogen) atoms. The van der Waals surface area contributed by atoms with E-state index in [4.69, 9.17) is 16.3 Å². The highest BCUT2D eigenvalue weighted by molar-refractivity contribution is 6.17. The molecule has 0 fully saturated rings. The Hall–Kier alpha value is -1.06. The fourth-order valence-corrected chi connectivity index (χ4v) is 1.70. The topological polar surface area (TPSA) is 38.3 Å². The Morgan fingerprint density at radius 1 is 1.33 bits per heavy atom. The molecule has 1 rings (SSSR count). The van der Waals surface area contributed by atoms with E-state index in [0.29, 0.717) is 25.6 Å². The Kier molecular flexibility index (Phi) is 7.46. The van der Waals surface area contributed by atoms with Crippen molar-refractivity contribution in [1.82, 2.24) is 5.32 Å². The number of halogens is 1. The van der Waals surface area contributed by atoms with Crippen molar-refractivity contribution >= 4 is 17.5 Å². The molecular weight excluding hydrogens is 250 g/mol. The first-order valence-electron chi connectivity index (χ1n) is 6.22. The quantitative estimate of drug-likeness (QED) is 0.582. The predicted molar refractivity (Wildman–Crippen MR) is 74.0 cm³/mol. The van der Waals surface area contributed by atoms with Gasteiger partial charge in [-0.25, -0.2) is 0 Å². The molecule has 0 aliphatic rings. The Balaban J connectivity index is 2.20. The number of nitrogens with one attached hydrogen (secondary N) is 1. The van der Waals surface area contributed by atoms with Crippen LogP contribution in [0.15, 0.2) is 30.3 Å². The molecule has 1 amide bonds. The number of ether oxygens (including phenoxy) is 1. The second-order valence-electron chi connectivity index (χ2n) is 4.08. The summed E-state index contributed by atoms with van der Waals surface area (Å²) >= 11 is 5.48. The highest BCUT2D eigenvalue weighted by atomic mass is 35.5. The molecule has 0 aliphatic carbocycles. The van der Waals surface area contributed by atoms with Crippen LogP contribution in [0.2, 0.25) is 0 Å². The predicted octanol–water partition coefficient (Wildman–Crippen LogP) is 2.55. The highest BCUT2D eigenvalue weighted by Crippen LogP contribution is 2.14. The minimum Gasteiger partial charge on any atom is -0.380 e. The average molecular weight is 270 g/mol. The molecule has 1 unspecified atom stereocenters. The minimum atomic E-state index is -0.116.